The van der Waals surface area contributed by atoms with Crippen molar-refractivity contribution in [1.29, 1.82) is 0 Å². The Kier molecular flexibility index (Phi) is 3.05. The maximum atomic E-state index is 5.86. The number of nitrogens with two attached hydrogens (primary N) is 1. The summed E-state index contributed by atoms with van der Waals surface area (Å²) in [6.45, 7) is 3.39. The summed E-state index contributed by atoms with van der Waals surface area (Å²) in [6, 6.07) is 1.11. The molecule has 0 bridgehead atoms. The van der Waals surface area contributed by atoms with Crippen LogP contribution in [-0.2, 0) is 7.05 Å². The smallest absolute Gasteiger partial charge is 0.171 e. The van der Waals surface area contributed by atoms with Gasteiger partial charge in [0.15, 0.2) is 5.82 Å². The van der Waals surface area contributed by atoms with Gasteiger partial charge in [0.1, 0.15) is 0 Å². The Hall–Kier alpha value is -1.23. The predicted molar refractivity (Wildman–Crippen MR) is 66.4 cm³/mol. The average molecular weight is 223 g/mol. The van der Waals surface area contributed by atoms with Gasteiger partial charge in [0, 0.05) is 31.9 Å². The highest BCUT2D eigenvalue weighted by Gasteiger charge is 2.23. The Morgan fingerprint density at radius 1 is 1.50 bits per heavy atom. The van der Waals surface area contributed by atoms with E-state index in [-0.39, 0.29) is 0 Å². The predicted octanol–water partition coefficient (Wildman–Crippen LogP) is 0.897. The van der Waals surface area contributed by atoms with E-state index < -0.39 is 0 Å². The SMILES string of the molecule is CC1CC(Nc2nn(C)cc2N)CCN1C. The van der Waals surface area contributed by atoms with Gasteiger partial charge in [-0.15, -0.1) is 0 Å². The van der Waals surface area contributed by atoms with E-state index in [1.54, 1.807) is 4.68 Å². The number of hydrogen-bond acceptors (Lipinski definition) is 4. The maximum Gasteiger partial charge on any atom is 0.171 e. The minimum absolute atomic E-state index is 0.489. The topological polar surface area (TPSA) is 59.1 Å². The van der Waals surface area contributed by atoms with Gasteiger partial charge in [0.2, 0.25) is 0 Å². The van der Waals surface area contributed by atoms with Crippen LogP contribution >= 0.6 is 0 Å². The molecular weight excluding hydrogens is 202 g/mol. The molecule has 0 spiro atoms. The molecule has 1 aliphatic rings. The third kappa shape index (κ3) is 2.29. The van der Waals surface area contributed by atoms with E-state index in [0.717, 1.165) is 30.9 Å². The lowest BCUT2D eigenvalue weighted by atomic mass is 9.99. The minimum atomic E-state index is 0.489. The van der Waals surface area contributed by atoms with E-state index in [1.165, 1.54) is 0 Å². The Balaban J connectivity index is 1.98. The first-order valence-corrected chi connectivity index (χ1v) is 5.82. The molecule has 1 fully saturated rings. The van der Waals surface area contributed by atoms with E-state index in [2.05, 4.69) is 29.3 Å². The molecule has 0 aromatic carbocycles. The van der Waals surface area contributed by atoms with Gasteiger partial charge >= 0.3 is 0 Å². The second-order valence-corrected chi connectivity index (χ2v) is 4.80. The second-order valence-electron chi connectivity index (χ2n) is 4.80. The molecular formula is C11H21N5. The number of aromatic nitrogens is 2. The molecule has 0 radical (unpaired) electrons. The van der Waals surface area contributed by atoms with E-state index in [9.17, 15) is 0 Å². The molecule has 3 N–H and O–H groups in total. The fraction of sp³-hybridized carbons (Fsp3) is 0.727. The molecule has 0 saturated carbocycles. The summed E-state index contributed by atoms with van der Waals surface area (Å²) >= 11 is 0. The summed E-state index contributed by atoms with van der Waals surface area (Å²) in [5, 5.41) is 7.75. The van der Waals surface area contributed by atoms with E-state index in [0.29, 0.717) is 12.1 Å². The summed E-state index contributed by atoms with van der Waals surface area (Å²) in [7, 11) is 4.06. The number of nitrogens with zero attached hydrogens (tertiary/aromatic N) is 3. The fourth-order valence-electron chi connectivity index (χ4n) is 2.23. The largest absolute Gasteiger partial charge is 0.394 e. The Morgan fingerprint density at radius 2 is 2.25 bits per heavy atom. The van der Waals surface area contributed by atoms with Crippen molar-refractivity contribution >= 4 is 11.5 Å². The van der Waals surface area contributed by atoms with Gasteiger partial charge in [0.05, 0.1) is 5.69 Å². The van der Waals surface area contributed by atoms with Crippen molar-refractivity contribution in [2.75, 3.05) is 24.6 Å². The number of rotatable bonds is 2. The van der Waals surface area contributed by atoms with Crippen LogP contribution in [0.1, 0.15) is 19.8 Å². The molecule has 90 valence electrons. The zero-order valence-electron chi connectivity index (χ0n) is 10.3. The van der Waals surface area contributed by atoms with E-state index in [4.69, 9.17) is 5.73 Å². The van der Waals surface area contributed by atoms with Crippen molar-refractivity contribution in [2.24, 2.45) is 7.05 Å². The first kappa shape index (κ1) is 11.3. The molecule has 5 heteroatoms. The zero-order valence-corrected chi connectivity index (χ0v) is 10.3. The van der Waals surface area contributed by atoms with Crippen LogP contribution in [0.4, 0.5) is 11.5 Å². The summed E-state index contributed by atoms with van der Waals surface area (Å²) in [5.74, 6) is 0.823. The van der Waals surface area contributed by atoms with Crippen LogP contribution in [0.15, 0.2) is 6.20 Å². The van der Waals surface area contributed by atoms with Crippen LogP contribution in [0.3, 0.4) is 0 Å². The molecule has 0 amide bonds. The number of piperidine rings is 1. The van der Waals surface area contributed by atoms with Crippen LogP contribution in [-0.4, -0.2) is 40.4 Å². The molecule has 2 unspecified atom stereocenters. The monoisotopic (exact) mass is 223 g/mol. The zero-order chi connectivity index (χ0) is 11.7. The normalized spacial score (nSPS) is 26.9. The molecule has 0 aliphatic carbocycles. The summed E-state index contributed by atoms with van der Waals surface area (Å²) in [5.41, 5.74) is 6.59. The van der Waals surface area contributed by atoms with Crippen molar-refractivity contribution in [2.45, 2.75) is 31.8 Å². The molecule has 1 saturated heterocycles. The summed E-state index contributed by atoms with van der Waals surface area (Å²) in [6.07, 6.45) is 4.13. The van der Waals surface area contributed by atoms with Crippen molar-refractivity contribution in [1.82, 2.24) is 14.7 Å². The number of nitrogens with one attached hydrogen (secondary N) is 1. The molecule has 1 aromatic heterocycles. The van der Waals surface area contributed by atoms with Crippen molar-refractivity contribution < 1.29 is 0 Å². The van der Waals surface area contributed by atoms with Gasteiger partial charge in [0.25, 0.3) is 0 Å². The standard InChI is InChI=1S/C11H21N5/c1-8-6-9(4-5-15(8)2)13-11-10(12)7-16(3)14-11/h7-9H,4-6,12H2,1-3H3,(H,13,14). The molecule has 16 heavy (non-hydrogen) atoms. The highest BCUT2D eigenvalue weighted by atomic mass is 15.3. The number of aryl methyl sites for hydroxylation is 1. The number of anilines is 2. The van der Waals surface area contributed by atoms with Crippen LogP contribution in [0.25, 0.3) is 0 Å². The highest BCUT2D eigenvalue weighted by molar-refractivity contribution is 5.60. The number of hydrogen-bond donors (Lipinski definition) is 2. The number of nitrogen functional groups attached to an aromatic ring is 1. The van der Waals surface area contributed by atoms with Crippen molar-refractivity contribution in [3.05, 3.63) is 6.20 Å². The van der Waals surface area contributed by atoms with Gasteiger partial charge < -0.3 is 16.0 Å². The van der Waals surface area contributed by atoms with Crippen LogP contribution in [0.2, 0.25) is 0 Å². The lowest BCUT2D eigenvalue weighted by Gasteiger charge is -2.35. The molecule has 1 aromatic rings. The Labute approximate surface area is 96.6 Å². The van der Waals surface area contributed by atoms with Gasteiger partial charge in [-0.05, 0) is 26.8 Å². The Bertz CT molecular complexity index is 359. The van der Waals surface area contributed by atoms with Gasteiger partial charge in [-0.3, -0.25) is 4.68 Å². The quantitative estimate of drug-likeness (QED) is 0.782. The fourth-order valence-corrected chi connectivity index (χ4v) is 2.23. The van der Waals surface area contributed by atoms with Crippen LogP contribution < -0.4 is 11.1 Å². The van der Waals surface area contributed by atoms with Crippen LogP contribution in [0, 0.1) is 0 Å². The Morgan fingerprint density at radius 3 is 2.81 bits per heavy atom. The summed E-state index contributed by atoms with van der Waals surface area (Å²) in [4.78, 5) is 2.39. The maximum absolute atomic E-state index is 5.86. The lowest BCUT2D eigenvalue weighted by molar-refractivity contribution is 0.190. The number of likely N-dealkylation sites (tertiary alicyclic amines) is 1. The van der Waals surface area contributed by atoms with E-state index in [1.807, 2.05) is 13.2 Å². The molecule has 2 rings (SSSR count). The van der Waals surface area contributed by atoms with Gasteiger partial charge in [-0.1, -0.05) is 0 Å². The van der Waals surface area contributed by atoms with Gasteiger partial charge in [-0.25, -0.2) is 0 Å². The van der Waals surface area contributed by atoms with Crippen molar-refractivity contribution in [3.8, 4) is 0 Å². The highest BCUT2D eigenvalue weighted by Crippen LogP contribution is 2.22. The van der Waals surface area contributed by atoms with E-state index >= 15 is 0 Å². The first-order chi connectivity index (χ1) is 7.56. The van der Waals surface area contributed by atoms with Gasteiger partial charge in [-0.2, -0.15) is 5.10 Å². The van der Waals surface area contributed by atoms with Crippen molar-refractivity contribution in [3.63, 3.8) is 0 Å². The molecule has 1 aliphatic heterocycles. The third-order valence-corrected chi connectivity index (χ3v) is 3.41. The lowest BCUT2D eigenvalue weighted by Crippen LogP contribution is -2.42. The summed E-state index contributed by atoms with van der Waals surface area (Å²) < 4.78 is 1.75. The second kappa shape index (κ2) is 4.33. The minimum Gasteiger partial charge on any atom is -0.394 e. The third-order valence-electron chi connectivity index (χ3n) is 3.41. The molecule has 2 heterocycles. The average Bonchev–Trinajstić information content (AvgIpc) is 2.51. The van der Waals surface area contributed by atoms with Crippen LogP contribution in [0.5, 0.6) is 0 Å². The first-order valence-electron chi connectivity index (χ1n) is 5.82. The molecule has 2 atom stereocenters. The molecule has 5 nitrogen and oxygen atoms in total.